The zero-order chi connectivity index (χ0) is 29.6. The first kappa shape index (κ1) is 47.0. The van der Waals surface area contributed by atoms with Gasteiger partial charge in [0.2, 0.25) is 0 Å². The molecule has 0 aromatic carbocycles. The molecule has 0 rings (SSSR count). The summed E-state index contributed by atoms with van der Waals surface area (Å²) in [5.41, 5.74) is 0. The minimum atomic E-state index is -0.950. The van der Waals surface area contributed by atoms with Crippen molar-refractivity contribution in [3.63, 3.8) is 0 Å². The third-order valence-electron chi connectivity index (χ3n) is 2.92. The molecule has 0 spiro atoms. The van der Waals surface area contributed by atoms with E-state index in [1.165, 1.54) is 13.8 Å². The summed E-state index contributed by atoms with van der Waals surface area (Å²) in [5, 5.41) is 33.5. The van der Waals surface area contributed by atoms with Crippen LogP contribution in [0.4, 0.5) is 0 Å². The molecule has 0 heterocycles. The number of hydrogen-bond acceptors (Lipinski definition) is 8. The van der Waals surface area contributed by atoms with Gasteiger partial charge in [0.25, 0.3) is 0 Å². The van der Waals surface area contributed by atoms with Crippen LogP contribution in [0.5, 0.6) is 0 Å². The molecule has 0 amide bonds. The molecule has 4 N–H and O–H groups in total. The van der Waals surface area contributed by atoms with E-state index in [2.05, 4.69) is 58.1 Å². The third-order valence-corrected chi connectivity index (χ3v) is 2.92. The van der Waals surface area contributed by atoms with Gasteiger partial charge in [0, 0.05) is 13.8 Å². The summed E-state index contributed by atoms with van der Waals surface area (Å²) >= 11 is 0. The summed E-state index contributed by atoms with van der Waals surface area (Å²) in [5.74, 6) is -0.953. The van der Waals surface area contributed by atoms with Crippen molar-refractivity contribution in [3.05, 3.63) is 48.6 Å². The number of aliphatic hydroxyl groups excluding tert-OH is 4. The minimum Gasteiger partial charge on any atom is -0.463 e. The van der Waals surface area contributed by atoms with Crippen molar-refractivity contribution in [2.75, 3.05) is 26.4 Å². The van der Waals surface area contributed by atoms with Crippen LogP contribution >= 0.6 is 0 Å². The predicted molar refractivity (Wildman–Crippen MR) is 151 cm³/mol. The topological polar surface area (TPSA) is 134 Å². The monoisotopic (exact) mass is 520 g/mol. The van der Waals surface area contributed by atoms with Crippen LogP contribution in [0.15, 0.2) is 48.6 Å². The smallest absolute Gasteiger partial charge is 0.303 e. The Hall–Kier alpha value is -2.26. The quantitative estimate of drug-likeness (QED) is 0.236. The van der Waals surface area contributed by atoms with Crippen molar-refractivity contribution >= 4 is 11.9 Å². The van der Waals surface area contributed by atoms with Crippen LogP contribution in [0.1, 0.15) is 82.1 Å². The number of carbonyl (C=O) groups is 2. The van der Waals surface area contributed by atoms with Gasteiger partial charge in [0.1, 0.15) is 18.8 Å². The lowest BCUT2D eigenvalue weighted by Gasteiger charge is -2.09. The first-order valence-electron chi connectivity index (χ1n) is 12.5. The maximum Gasteiger partial charge on any atom is 0.303 e. The Labute approximate surface area is 221 Å². The van der Waals surface area contributed by atoms with Gasteiger partial charge in [-0.1, -0.05) is 76.3 Å². The summed E-state index contributed by atoms with van der Waals surface area (Å²) in [6, 6.07) is 0. The molecule has 0 aromatic heterocycles. The van der Waals surface area contributed by atoms with E-state index >= 15 is 0 Å². The van der Waals surface area contributed by atoms with Crippen LogP contribution in [-0.4, -0.2) is 71.0 Å². The normalized spacial score (nSPS) is 10.5. The molecule has 1 unspecified atom stereocenters. The zero-order valence-corrected chi connectivity index (χ0v) is 24.4. The average Bonchev–Trinajstić information content (AvgIpc) is 2.89. The van der Waals surface area contributed by atoms with Gasteiger partial charge in [-0.3, -0.25) is 9.59 Å². The first-order valence-corrected chi connectivity index (χ1v) is 12.5. The van der Waals surface area contributed by atoms with Crippen LogP contribution in [0.2, 0.25) is 0 Å². The molecular formula is C28H56O8. The van der Waals surface area contributed by atoms with Gasteiger partial charge in [-0.15, -0.1) is 0 Å². The Bertz CT molecular complexity index is 466. The van der Waals surface area contributed by atoms with E-state index in [1.54, 1.807) is 0 Å². The highest BCUT2D eigenvalue weighted by molar-refractivity contribution is 5.66. The molecule has 0 saturated carbocycles. The second-order valence-electron chi connectivity index (χ2n) is 5.98. The molecule has 0 aliphatic carbocycles. The van der Waals surface area contributed by atoms with Gasteiger partial charge in [-0.05, 0) is 40.5 Å². The largest absolute Gasteiger partial charge is 0.463 e. The maximum absolute atomic E-state index is 10.1. The molecule has 8 nitrogen and oxygen atoms in total. The van der Waals surface area contributed by atoms with Gasteiger partial charge in [-0.2, -0.15) is 0 Å². The molecule has 0 radical (unpaired) electrons. The van der Waals surface area contributed by atoms with E-state index in [4.69, 9.17) is 20.4 Å². The maximum atomic E-state index is 10.1. The fourth-order valence-electron chi connectivity index (χ4n) is 1.33. The fourth-order valence-corrected chi connectivity index (χ4v) is 1.33. The molecule has 8 heteroatoms. The summed E-state index contributed by atoms with van der Waals surface area (Å²) < 4.78 is 8.76. The number of allylic oxidation sites excluding steroid dienone is 8. The fraction of sp³-hybridized carbons (Fsp3) is 0.643. The van der Waals surface area contributed by atoms with Crippen LogP contribution in [0, 0.1) is 0 Å². The number of esters is 2. The highest BCUT2D eigenvalue weighted by atomic mass is 16.6. The number of aliphatic hydroxyl groups is 4. The summed E-state index contributed by atoms with van der Waals surface area (Å²) in [4.78, 5) is 20.2. The van der Waals surface area contributed by atoms with Crippen molar-refractivity contribution in [2.45, 2.75) is 94.3 Å². The Morgan fingerprint density at radius 1 is 0.667 bits per heavy atom. The van der Waals surface area contributed by atoms with Gasteiger partial charge in [0.15, 0.2) is 0 Å². The molecule has 0 saturated heterocycles. The van der Waals surface area contributed by atoms with E-state index in [0.717, 1.165) is 12.8 Å². The SMILES string of the molecule is C/C=C\C/C=C\C.C/C=C\C/C=C\C.CC.CC.CC(=O)OC(CO)CO.CC(=O)OCC(O)CO. The molecule has 0 aliphatic rings. The highest BCUT2D eigenvalue weighted by Gasteiger charge is 2.07. The van der Waals surface area contributed by atoms with Crippen molar-refractivity contribution < 1.29 is 39.5 Å². The molecular weight excluding hydrogens is 464 g/mol. The third kappa shape index (κ3) is 69.7. The number of rotatable bonds is 10. The zero-order valence-electron chi connectivity index (χ0n) is 24.4. The van der Waals surface area contributed by atoms with Crippen LogP contribution in [-0.2, 0) is 19.1 Å². The van der Waals surface area contributed by atoms with Crippen molar-refractivity contribution in [3.8, 4) is 0 Å². The van der Waals surface area contributed by atoms with E-state index in [0.29, 0.717) is 0 Å². The molecule has 0 aromatic rings. The molecule has 0 fully saturated rings. The lowest BCUT2D eigenvalue weighted by atomic mass is 10.3. The standard InChI is InChI=1S/2C7H12.2C5H10O4.2C2H6/c2*1-3-5-7-6-4-2;1-4(7)9-3-5(8)2-6;1-4(8)9-5(2-6)3-7;2*1-2/h2*3-6H,7H2,1-2H3;5-6,8H,2-3H2,1H3;5-7H,2-3H2,1H3;2*1-2H3/b2*5-3-,6-4-;;;;. The Balaban J connectivity index is -0.0000000799. The summed E-state index contributed by atoms with van der Waals surface area (Å²) in [6.45, 7) is 17.4. The van der Waals surface area contributed by atoms with Gasteiger partial charge in [-0.25, -0.2) is 0 Å². The predicted octanol–water partition coefficient (Wildman–Crippen LogP) is 4.92. The van der Waals surface area contributed by atoms with Crippen LogP contribution in [0.25, 0.3) is 0 Å². The van der Waals surface area contributed by atoms with Crippen LogP contribution < -0.4 is 0 Å². The lowest BCUT2D eigenvalue weighted by molar-refractivity contribution is -0.150. The molecule has 0 bridgehead atoms. The Morgan fingerprint density at radius 2 is 1.00 bits per heavy atom. The molecule has 0 aliphatic heterocycles. The van der Waals surface area contributed by atoms with Crippen LogP contribution in [0.3, 0.4) is 0 Å². The number of hydrogen-bond donors (Lipinski definition) is 4. The second-order valence-corrected chi connectivity index (χ2v) is 5.98. The van der Waals surface area contributed by atoms with Crippen molar-refractivity contribution in [1.82, 2.24) is 0 Å². The first-order chi connectivity index (χ1) is 17.2. The van der Waals surface area contributed by atoms with E-state index in [1.807, 2.05) is 55.4 Å². The Morgan fingerprint density at radius 3 is 1.17 bits per heavy atom. The van der Waals surface area contributed by atoms with E-state index in [9.17, 15) is 9.59 Å². The summed E-state index contributed by atoms with van der Waals surface area (Å²) in [6.07, 6.45) is 17.2. The molecule has 216 valence electrons. The van der Waals surface area contributed by atoms with Gasteiger partial charge in [0.05, 0.1) is 19.8 Å². The summed E-state index contributed by atoms with van der Waals surface area (Å²) in [7, 11) is 0. The van der Waals surface area contributed by atoms with E-state index in [-0.39, 0.29) is 26.4 Å². The highest BCUT2D eigenvalue weighted by Crippen LogP contribution is 1.88. The lowest BCUT2D eigenvalue weighted by Crippen LogP contribution is -2.24. The van der Waals surface area contributed by atoms with Crippen molar-refractivity contribution in [1.29, 1.82) is 0 Å². The molecule has 1 atom stereocenters. The average molecular weight is 521 g/mol. The van der Waals surface area contributed by atoms with Gasteiger partial charge < -0.3 is 29.9 Å². The van der Waals surface area contributed by atoms with Gasteiger partial charge >= 0.3 is 11.9 Å². The number of carbonyl (C=O) groups excluding carboxylic acids is 2. The second kappa shape index (κ2) is 49.8. The minimum absolute atomic E-state index is 0.133. The van der Waals surface area contributed by atoms with Crippen molar-refractivity contribution in [2.24, 2.45) is 0 Å². The number of ether oxygens (including phenoxy) is 2. The molecule has 36 heavy (non-hydrogen) atoms. The Kier molecular flexibility index (Phi) is 65.0. The van der Waals surface area contributed by atoms with E-state index < -0.39 is 24.1 Å².